The van der Waals surface area contributed by atoms with Crippen LogP contribution in [0.1, 0.15) is 30.6 Å². The number of rotatable bonds is 8. The van der Waals surface area contributed by atoms with Gasteiger partial charge in [-0.15, -0.1) is 0 Å². The lowest BCUT2D eigenvalue weighted by Gasteiger charge is -2.19. The molecule has 0 saturated heterocycles. The Morgan fingerprint density at radius 3 is 2.70 bits per heavy atom. The molecule has 1 rings (SSSR count). The van der Waals surface area contributed by atoms with Crippen molar-refractivity contribution in [3.8, 4) is 0 Å². The van der Waals surface area contributed by atoms with E-state index >= 15 is 0 Å². The van der Waals surface area contributed by atoms with Crippen molar-refractivity contribution >= 4 is 23.3 Å². The fraction of sp³-hybridized carbons (Fsp3) is 0.571. The number of nitrogens with one attached hydrogen (secondary N) is 2. The molecule has 0 unspecified atom stereocenters. The molecule has 20 heavy (non-hydrogen) atoms. The van der Waals surface area contributed by atoms with Crippen LogP contribution in [0.5, 0.6) is 0 Å². The van der Waals surface area contributed by atoms with E-state index in [1.807, 2.05) is 0 Å². The quantitative estimate of drug-likeness (QED) is 0.773. The first-order valence-electron chi connectivity index (χ1n) is 6.96. The number of amides is 1. The lowest BCUT2D eigenvalue weighted by Crippen LogP contribution is -2.35. The van der Waals surface area contributed by atoms with Crippen molar-refractivity contribution in [3.05, 3.63) is 22.8 Å². The highest BCUT2D eigenvalue weighted by atomic mass is 35.5. The van der Waals surface area contributed by atoms with E-state index in [1.165, 1.54) is 6.20 Å². The van der Waals surface area contributed by atoms with Crippen LogP contribution < -0.4 is 10.6 Å². The first kappa shape index (κ1) is 16.7. The van der Waals surface area contributed by atoms with Gasteiger partial charge in [-0.2, -0.15) is 0 Å². The molecule has 6 heteroatoms. The summed E-state index contributed by atoms with van der Waals surface area (Å²) >= 11 is 6.01. The van der Waals surface area contributed by atoms with Crippen LogP contribution in [-0.2, 0) is 0 Å². The summed E-state index contributed by atoms with van der Waals surface area (Å²) in [5, 5.41) is 6.19. The minimum atomic E-state index is -0.144. The van der Waals surface area contributed by atoms with Crippen LogP contribution in [0.15, 0.2) is 12.3 Å². The zero-order valence-corrected chi connectivity index (χ0v) is 13.1. The smallest absolute Gasteiger partial charge is 0.252 e. The highest BCUT2D eigenvalue weighted by Crippen LogP contribution is 2.19. The van der Waals surface area contributed by atoms with Gasteiger partial charge in [-0.25, -0.2) is 4.98 Å². The SMILES string of the molecule is CCCN(CC)CCNC(=O)c1cnc(NC)c(Cl)c1. The maximum Gasteiger partial charge on any atom is 0.252 e. The minimum Gasteiger partial charge on any atom is -0.372 e. The Labute approximate surface area is 125 Å². The van der Waals surface area contributed by atoms with Gasteiger partial charge in [-0.1, -0.05) is 25.4 Å². The van der Waals surface area contributed by atoms with E-state index in [1.54, 1.807) is 13.1 Å². The van der Waals surface area contributed by atoms with E-state index in [2.05, 4.69) is 34.4 Å². The molecule has 0 fully saturated rings. The van der Waals surface area contributed by atoms with Gasteiger partial charge < -0.3 is 15.5 Å². The summed E-state index contributed by atoms with van der Waals surface area (Å²) in [5.74, 6) is 0.429. The molecule has 0 aliphatic heterocycles. The van der Waals surface area contributed by atoms with Crippen molar-refractivity contribution < 1.29 is 4.79 Å². The van der Waals surface area contributed by atoms with Gasteiger partial charge in [0.15, 0.2) is 0 Å². The first-order chi connectivity index (χ1) is 9.62. The van der Waals surface area contributed by atoms with E-state index in [-0.39, 0.29) is 5.91 Å². The highest BCUT2D eigenvalue weighted by Gasteiger charge is 2.09. The van der Waals surface area contributed by atoms with Gasteiger partial charge in [-0.05, 0) is 25.6 Å². The Bertz CT molecular complexity index is 439. The molecule has 5 nitrogen and oxygen atoms in total. The number of nitrogens with zero attached hydrogens (tertiary/aromatic N) is 2. The number of likely N-dealkylation sites (N-methyl/N-ethyl adjacent to an activating group) is 1. The Balaban J connectivity index is 2.48. The number of aromatic nitrogens is 1. The summed E-state index contributed by atoms with van der Waals surface area (Å²) in [6.45, 7) is 7.80. The van der Waals surface area contributed by atoms with E-state index < -0.39 is 0 Å². The Hall–Kier alpha value is -1.33. The molecule has 1 aromatic rings. The van der Waals surface area contributed by atoms with Gasteiger partial charge in [-0.3, -0.25) is 4.79 Å². The van der Waals surface area contributed by atoms with E-state index in [0.717, 1.165) is 26.1 Å². The van der Waals surface area contributed by atoms with Crippen LogP contribution in [0.3, 0.4) is 0 Å². The molecule has 0 saturated carbocycles. The third kappa shape index (κ3) is 4.98. The number of anilines is 1. The van der Waals surface area contributed by atoms with Crippen molar-refractivity contribution in [1.29, 1.82) is 0 Å². The molecule has 1 heterocycles. The number of halogens is 1. The second-order valence-corrected chi connectivity index (χ2v) is 4.90. The van der Waals surface area contributed by atoms with Crippen LogP contribution in [0, 0.1) is 0 Å². The molecule has 1 amide bonds. The fourth-order valence-corrected chi connectivity index (χ4v) is 2.18. The van der Waals surface area contributed by atoms with Gasteiger partial charge in [0.1, 0.15) is 5.82 Å². The number of pyridine rings is 1. The second-order valence-electron chi connectivity index (χ2n) is 4.49. The summed E-state index contributed by atoms with van der Waals surface area (Å²) < 4.78 is 0. The summed E-state index contributed by atoms with van der Waals surface area (Å²) in [6, 6.07) is 1.62. The summed E-state index contributed by atoms with van der Waals surface area (Å²) in [7, 11) is 1.74. The van der Waals surface area contributed by atoms with Crippen molar-refractivity contribution in [1.82, 2.24) is 15.2 Å². The molecule has 1 aromatic heterocycles. The standard InChI is InChI=1S/C14H23ClN4O/c1-4-7-19(5-2)8-6-17-14(20)11-9-12(15)13(16-3)18-10-11/h9-10H,4-8H2,1-3H3,(H,16,18)(H,17,20). The average Bonchev–Trinajstić information content (AvgIpc) is 2.46. The highest BCUT2D eigenvalue weighted by molar-refractivity contribution is 6.33. The van der Waals surface area contributed by atoms with Crippen LogP contribution in [0.2, 0.25) is 5.02 Å². The lowest BCUT2D eigenvalue weighted by molar-refractivity contribution is 0.0948. The molecule has 0 spiro atoms. The maximum absolute atomic E-state index is 12.0. The lowest BCUT2D eigenvalue weighted by atomic mass is 10.2. The van der Waals surface area contributed by atoms with E-state index in [9.17, 15) is 4.79 Å². The van der Waals surface area contributed by atoms with Gasteiger partial charge in [0.2, 0.25) is 0 Å². The van der Waals surface area contributed by atoms with Crippen LogP contribution in [0.25, 0.3) is 0 Å². The number of carbonyl (C=O) groups is 1. The molecular weight excluding hydrogens is 276 g/mol. The third-order valence-electron chi connectivity index (χ3n) is 3.04. The second kappa shape index (κ2) is 8.76. The summed E-state index contributed by atoms with van der Waals surface area (Å²) in [6.07, 6.45) is 2.64. The Morgan fingerprint density at radius 2 is 2.15 bits per heavy atom. The zero-order chi connectivity index (χ0) is 15.0. The largest absolute Gasteiger partial charge is 0.372 e. The summed E-state index contributed by atoms with van der Waals surface area (Å²) in [4.78, 5) is 18.4. The molecule has 0 radical (unpaired) electrons. The van der Waals surface area contributed by atoms with E-state index in [4.69, 9.17) is 11.6 Å². The fourth-order valence-electron chi connectivity index (χ4n) is 1.92. The molecular formula is C14H23ClN4O. The predicted octanol–water partition coefficient (Wildman–Crippen LogP) is 2.24. The number of hydrogen-bond donors (Lipinski definition) is 2. The van der Waals surface area contributed by atoms with Crippen LogP contribution >= 0.6 is 11.6 Å². The van der Waals surface area contributed by atoms with Crippen LogP contribution in [-0.4, -0.2) is 49.0 Å². The van der Waals surface area contributed by atoms with E-state index in [0.29, 0.717) is 22.9 Å². The molecule has 112 valence electrons. The van der Waals surface area contributed by atoms with Crippen molar-refractivity contribution in [2.45, 2.75) is 20.3 Å². The molecule has 0 aliphatic rings. The average molecular weight is 299 g/mol. The van der Waals surface area contributed by atoms with Crippen molar-refractivity contribution in [2.24, 2.45) is 0 Å². The Morgan fingerprint density at radius 1 is 1.40 bits per heavy atom. The zero-order valence-electron chi connectivity index (χ0n) is 12.4. The predicted molar refractivity (Wildman–Crippen MR) is 83.5 cm³/mol. The molecule has 0 atom stereocenters. The molecule has 0 aliphatic carbocycles. The molecule has 0 bridgehead atoms. The Kier molecular flexibility index (Phi) is 7.33. The van der Waals surface area contributed by atoms with Gasteiger partial charge in [0.25, 0.3) is 5.91 Å². The third-order valence-corrected chi connectivity index (χ3v) is 3.33. The monoisotopic (exact) mass is 298 g/mol. The van der Waals surface area contributed by atoms with Crippen molar-refractivity contribution in [3.63, 3.8) is 0 Å². The first-order valence-corrected chi connectivity index (χ1v) is 7.34. The molecule has 0 aromatic carbocycles. The normalized spacial score (nSPS) is 10.7. The minimum absolute atomic E-state index is 0.144. The van der Waals surface area contributed by atoms with Crippen molar-refractivity contribution in [2.75, 3.05) is 38.5 Å². The molecule has 2 N–H and O–H groups in total. The number of carbonyl (C=O) groups excluding carboxylic acids is 1. The van der Waals surface area contributed by atoms with Gasteiger partial charge in [0.05, 0.1) is 10.6 Å². The maximum atomic E-state index is 12.0. The number of hydrogen-bond acceptors (Lipinski definition) is 4. The topological polar surface area (TPSA) is 57.3 Å². The van der Waals surface area contributed by atoms with Crippen LogP contribution in [0.4, 0.5) is 5.82 Å². The summed E-state index contributed by atoms with van der Waals surface area (Å²) in [5.41, 5.74) is 0.479. The van der Waals surface area contributed by atoms with Gasteiger partial charge >= 0.3 is 0 Å². The van der Waals surface area contributed by atoms with Gasteiger partial charge in [0, 0.05) is 26.3 Å².